The molecule has 1 N–H and O–H groups in total. The Morgan fingerprint density at radius 2 is 2.26 bits per heavy atom. The number of nitrogens with zero attached hydrogens (tertiary/aromatic N) is 1. The molecule has 3 heteroatoms. The van der Waals surface area contributed by atoms with Gasteiger partial charge in [-0.05, 0) is 0 Å². The number of aromatic nitrogens is 1. The van der Waals surface area contributed by atoms with Crippen LogP contribution in [0.15, 0.2) is 54.8 Å². The van der Waals surface area contributed by atoms with Gasteiger partial charge in [-0.15, -0.1) is 0 Å². The molecule has 0 saturated heterocycles. The molecule has 0 atom stereocenters. The summed E-state index contributed by atoms with van der Waals surface area (Å²) in [6.07, 6.45) is 9.44. The zero-order valence-electron chi connectivity index (χ0n) is 10.2. The zero-order valence-corrected chi connectivity index (χ0v) is 11.2. The van der Waals surface area contributed by atoms with Crippen LogP contribution in [0.2, 0.25) is 0 Å². The van der Waals surface area contributed by atoms with Gasteiger partial charge in [0.25, 0.3) is 0 Å². The van der Waals surface area contributed by atoms with Crippen LogP contribution < -0.4 is 0 Å². The minimum absolute atomic E-state index is 0.655. The molecule has 2 rings (SSSR count). The first-order valence-electron chi connectivity index (χ1n) is 5.70. The van der Waals surface area contributed by atoms with E-state index in [0.717, 1.165) is 22.0 Å². The Hall–Kier alpha value is -2.17. The van der Waals surface area contributed by atoms with Gasteiger partial charge >= 0.3 is 119 Å². The van der Waals surface area contributed by atoms with E-state index in [1.807, 2.05) is 36.6 Å². The van der Waals surface area contributed by atoms with Crippen molar-refractivity contribution in [1.29, 1.82) is 5.26 Å². The predicted molar refractivity (Wildman–Crippen MR) is 76.4 cm³/mol. The van der Waals surface area contributed by atoms with Gasteiger partial charge in [-0.3, -0.25) is 0 Å². The van der Waals surface area contributed by atoms with Gasteiger partial charge in [0, 0.05) is 0 Å². The quantitative estimate of drug-likeness (QED) is 0.679. The Kier molecular flexibility index (Phi) is 4.28. The summed E-state index contributed by atoms with van der Waals surface area (Å²) < 4.78 is 0. The van der Waals surface area contributed by atoms with Crippen LogP contribution in [0, 0.1) is 11.3 Å². The van der Waals surface area contributed by atoms with Gasteiger partial charge < -0.3 is 0 Å². The molecule has 2 nitrogen and oxygen atoms in total. The molecular formula is C16H12N2Ni. The molecule has 1 aromatic heterocycles. The van der Waals surface area contributed by atoms with Crippen LogP contribution in [0.5, 0.6) is 0 Å². The summed E-state index contributed by atoms with van der Waals surface area (Å²) in [5.41, 5.74) is 3.66. The Morgan fingerprint density at radius 1 is 1.42 bits per heavy atom. The normalized spacial score (nSPS) is 11.7. The van der Waals surface area contributed by atoms with Crippen LogP contribution in [0.1, 0.15) is 11.1 Å². The molecule has 0 aliphatic carbocycles. The average Bonchev–Trinajstić information content (AvgIpc) is 2.85. The van der Waals surface area contributed by atoms with E-state index in [1.165, 1.54) is 0 Å². The monoisotopic (exact) mass is 290 g/mol. The fourth-order valence-corrected chi connectivity index (χ4v) is 1.98. The number of benzene rings is 1. The van der Waals surface area contributed by atoms with Gasteiger partial charge in [-0.25, -0.2) is 0 Å². The molecule has 0 amide bonds. The Balaban J connectivity index is 2.43. The van der Waals surface area contributed by atoms with Crippen molar-refractivity contribution in [2.75, 3.05) is 0 Å². The number of allylic oxidation sites excluding steroid dienone is 4. The van der Waals surface area contributed by atoms with E-state index in [-0.39, 0.29) is 0 Å². The third-order valence-electron chi connectivity index (χ3n) is 2.78. The summed E-state index contributed by atoms with van der Waals surface area (Å²) in [5, 5.41) is 9.97. The Bertz CT molecular complexity index is 727. The number of H-pyrrole nitrogens is 1. The van der Waals surface area contributed by atoms with Crippen LogP contribution in [-0.4, -0.2) is 9.98 Å². The number of fused-ring (bicyclic) bond motifs is 1. The zero-order chi connectivity index (χ0) is 13.7. The van der Waals surface area contributed by atoms with Gasteiger partial charge in [0.05, 0.1) is 0 Å². The molecule has 1 heterocycles. The van der Waals surface area contributed by atoms with Gasteiger partial charge in [0.1, 0.15) is 0 Å². The second kappa shape index (κ2) is 6.13. The Labute approximate surface area is 119 Å². The molecule has 0 bridgehead atoms. The number of nitrogens with one attached hydrogen (secondary N) is 1. The molecular weight excluding hydrogens is 279 g/mol. The predicted octanol–water partition coefficient (Wildman–Crippen LogP) is 3.51. The SMILES string of the molecule is C=CC(/C=C/c1c[nH]c2ccc(C#N)cc12)=C\[CH]=[Ni]. The first-order chi connectivity index (χ1) is 9.28. The summed E-state index contributed by atoms with van der Waals surface area (Å²) >= 11 is 4.51. The molecule has 1 aromatic carbocycles. The van der Waals surface area contributed by atoms with Gasteiger partial charge in [-0.2, -0.15) is 0 Å². The molecule has 0 spiro atoms. The maximum absolute atomic E-state index is 8.94. The van der Waals surface area contributed by atoms with E-state index in [4.69, 9.17) is 5.26 Å². The van der Waals surface area contributed by atoms with E-state index in [1.54, 1.807) is 17.1 Å². The fourth-order valence-electron chi connectivity index (χ4n) is 1.79. The van der Waals surface area contributed by atoms with E-state index in [2.05, 4.69) is 32.7 Å². The van der Waals surface area contributed by atoms with Crippen LogP contribution in [-0.2, 0) is 15.0 Å². The molecule has 19 heavy (non-hydrogen) atoms. The maximum atomic E-state index is 8.94. The van der Waals surface area contributed by atoms with E-state index in [0.29, 0.717) is 5.56 Å². The molecule has 0 saturated carbocycles. The molecule has 2 aromatic rings. The number of rotatable bonds is 4. The van der Waals surface area contributed by atoms with Crippen molar-refractivity contribution >= 4 is 22.0 Å². The molecule has 0 radical (unpaired) electrons. The van der Waals surface area contributed by atoms with E-state index in [9.17, 15) is 0 Å². The third kappa shape index (κ3) is 2.99. The Morgan fingerprint density at radius 3 is 2.95 bits per heavy atom. The summed E-state index contributed by atoms with van der Waals surface area (Å²) in [5.74, 6) is 0. The van der Waals surface area contributed by atoms with Crippen molar-refractivity contribution in [3.63, 3.8) is 0 Å². The van der Waals surface area contributed by atoms with Crippen molar-refractivity contribution in [3.8, 4) is 6.07 Å². The summed E-state index contributed by atoms with van der Waals surface area (Å²) in [6, 6.07) is 7.74. The molecule has 0 unspecified atom stereocenters. The van der Waals surface area contributed by atoms with Crippen molar-refractivity contribution < 1.29 is 15.0 Å². The van der Waals surface area contributed by atoms with Crippen LogP contribution in [0.3, 0.4) is 0 Å². The minimum atomic E-state index is 0.655. The number of hydrogen-bond donors (Lipinski definition) is 1. The number of nitriles is 1. The first kappa shape index (κ1) is 13.3. The van der Waals surface area contributed by atoms with Gasteiger partial charge in [0.15, 0.2) is 0 Å². The summed E-state index contributed by atoms with van der Waals surface area (Å²) in [6.45, 7) is 3.74. The molecule has 96 valence electrons. The topological polar surface area (TPSA) is 39.6 Å². The average molecular weight is 291 g/mol. The standard InChI is InChI=1S/C16H12N2.Ni/c1-3-12(4-2)5-7-14-11-18-16-8-6-13(10-17)9-15(14)16;/h1,3-9,11,18H,2H2;/b7-5+,12-3+;. The van der Waals surface area contributed by atoms with Gasteiger partial charge in [0.2, 0.25) is 0 Å². The van der Waals surface area contributed by atoms with Crippen molar-refractivity contribution in [1.82, 2.24) is 4.98 Å². The van der Waals surface area contributed by atoms with Crippen LogP contribution >= 0.6 is 0 Å². The van der Waals surface area contributed by atoms with Crippen molar-refractivity contribution in [2.24, 2.45) is 0 Å². The van der Waals surface area contributed by atoms with Crippen LogP contribution in [0.25, 0.3) is 17.0 Å². The second-order valence-electron chi connectivity index (χ2n) is 3.93. The van der Waals surface area contributed by atoms with Crippen molar-refractivity contribution in [2.45, 2.75) is 0 Å². The number of aromatic amines is 1. The molecule has 0 fully saturated rings. The third-order valence-corrected chi connectivity index (χ3v) is 2.94. The van der Waals surface area contributed by atoms with Crippen LogP contribution in [0.4, 0.5) is 0 Å². The summed E-state index contributed by atoms with van der Waals surface area (Å²) in [7, 11) is 0. The van der Waals surface area contributed by atoms with E-state index >= 15 is 0 Å². The number of hydrogen-bond acceptors (Lipinski definition) is 1. The van der Waals surface area contributed by atoms with Gasteiger partial charge in [-0.1, -0.05) is 0 Å². The van der Waals surface area contributed by atoms with Crippen molar-refractivity contribution in [3.05, 3.63) is 65.9 Å². The second-order valence-corrected chi connectivity index (χ2v) is 4.25. The molecule has 0 aliphatic heterocycles. The summed E-state index contributed by atoms with van der Waals surface area (Å²) in [4.78, 5) is 4.78. The molecule has 0 aliphatic rings. The fraction of sp³-hybridized carbons (Fsp3) is 0. The van der Waals surface area contributed by atoms with E-state index < -0.39 is 0 Å². The first-order valence-corrected chi connectivity index (χ1v) is 6.27.